The molecule has 0 saturated heterocycles. The van der Waals surface area contributed by atoms with E-state index in [0.29, 0.717) is 0 Å². The fraction of sp³-hybridized carbons (Fsp3) is 0.692. The molecule has 4 heteroatoms. The predicted octanol–water partition coefficient (Wildman–Crippen LogP) is 2.93. The van der Waals surface area contributed by atoms with Crippen LogP contribution >= 0.6 is 0 Å². The highest BCUT2D eigenvalue weighted by Gasteiger charge is 2.33. The second kappa shape index (κ2) is 6.42. The molecule has 0 heterocycles. The van der Waals surface area contributed by atoms with E-state index in [4.69, 9.17) is 5.11 Å². The van der Waals surface area contributed by atoms with Crippen LogP contribution in [0.1, 0.15) is 47.0 Å². The first-order chi connectivity index (χ1) is 7.72. The number of hydrogen-bond acceptors (Lipinski definition) is 2. The smallest absolute Gasteiger partial charge is 0.330 e. The van der Waals surface area contributed by atoms with Gasteiger partial charge in [-0.15, -0.1) is 0 Å². The van der Waals surface area contributed by atoms with Crippen molar-refractivity contribution in [1.29, 1.82) is 0 Å². The maximum Gasteiger partial charge on any atom is 0.330 e. The van der Waals surface area contributed by atoms with E-state index in [0.717, 1.165) is 19.3 Å². The Hall–Kier alpha value is -1.32. The molecule has 0 aromatic carbocycles. The minimum atomic E-state index is -1.07. The van der Waals surface area contributed by atoms with E-state index in [1.807, 2.05) is 20.8 Å². The number of rotatable bonds is 7. The molecule has 0 amide bonds. The molecule has 0 aromatic heterocycles. The Kier molecular flexibility index (Phi) is 5.93. The zero-order valence-electron chi connectivity index (χ0n) is 11.0. The Morgan fingerprint density at radius 1 is 1.29 bits per heavy atom. The second-order valence-corrected chi connectivity index (χ2v) is 5.06. The van der Waals surface area contributed by atoms with Crippen molar-refractivity contribution in [3.05, 3.63) is 11.6 Å². The van der Waals surface area contributed by atoms with Gasteiger partial charge in [-0.3, -0.25) is 4.79 Å². The molecule has 0 aliphatic heterocycles. The van der Waals surface area contributed by atoms with Gasteiger partial charge in [-0.1, -0.05) is 39.7 Å². The molecule has 0 aromatic rings. The number of carboxylic acids is 2. The fourth-order valence-corrected chi connectivity index (χ4v) is 1.74. The highest BCUT2D eigenvalue weighted by molar-refractivity contribution is 5.87. The molecule has 0 aliphatic carbocycles. The van der Waals surface area contributed by atoms with E-state index < -0.39 is 23.3 Å². The van der Waals surface area contributed by atoms with Gasteiger partial charge < -0.3 is 10.2 Å². The van der Waals surface area contributed by atoms with Crippen molar-refractivity contribution in [1.82, 2.24) is 0 Å². The standard InChI is InChI=1S/C13H22O4/c1-5-6-7-13(3,4)10(12(16)17)8-9(2)11(14)15/h8,10H,5-7H2,1-4H3,(H,14,15)(H,16,17)/b9-8+. The number of carbonyl (C=O) groups is 2. The van der Waals surface area contributed by atoms with Gasteiger partial charge in [0.15, 0.2) is 0 Å². The highest BCUT2D eigenvalue weighted by Crippen LogP contribution is 2.34. The topological polar surface area (TPSA) is 74.6 Å². The third kappa shape index (κ3) is 5.02. The van der Waals surface area contributed by atoms with Crippen LogP contribution in [-0.2, 0) is 9.59 Å². The lowest BCUT2D eigenvalue weighted by molar-refractivity contribution is -0.143. The van der Waals surface area contributed by atoms with Crippen LogP contribution < -0.4 is 0 Å². The van der Waals surface area contributed by atoms with Crippen LogP contribution in [0.25, 0.3) is 0 Å². The van der Waals surface area contributed by atoms with Crippen molar-refractivity contribution >= 4 is 11.9 Å². The van der Waals surface area contributed by atoms with Crippen LogP contribution in [0.2, 0.25) is 0 Å². The molecule has 98 valence electrons. The Morgan fingerprint density at radius 3 is 2.18 bits per heavy atom. The summed E-state index contributed by atoms with van der Waals surface area (Å²) in [6.45, 7) is 7.21. The van der Waals surface area contributed by atoms with Crippen molar-refractivity contribution < 1.29 is 19.8 Å². The lowest BCUT2D eigenvalue weighted by atomic mass is 9.74. The maximum absolute atomic E-state index is 11.2. The van der Waals surface area contributed by atoms with Crippen LogP contribution in [0.15, 0.2) is 11.6 Å². The van der Waals surface area contributed by atoms with E-state index >= 15 is 0 Å². The van der Waals surface area contributed by atoms with Crippen LogP contribution in [-0.4, -0.2) is 22.2 Å². The first-order valence-electron chi connectivity index (χ1n) is 5.87. The lowest BCUT2D eigenvalue weighted by Crippen LogP contribution is -2.30. The third-order valence-electron chi connectivity index (χ3n) is 3.04. The zero-order chi connectivity index (χ0) is 13.6. The van der Waals surface area contributed by atoms with Gasteiger partial charge >= 0.3 is 11.9 Å². The molecule has 0 aliphatic rings. The number of carboxylic acid groups (broad SMARTS) is 2. The van der Waals surface area contributed by atoms with Crippen molar-refractivity contribution in [3.8, 4) is 0 Å². The summed E-state index contributed by atoms with van der Waals surface area (Å²) in [5, 5.41) is 18.0. The summed E-state index contributed by atoms with van der Waals surface area (Å²) in [4.78, 5) is 22.0. The number of hydrogen-bond donors (Lipinski definition) is 2. The van der Waals surface area contributed by atoms with Crippen molar-refractivity contribution in [3.63, 3.8) is 0 Å². The van der Waals surface area contributed by atoms with Gasteiger partial charge in [0, 0.05) is 5.57 Å². The Bertz CT molecular complexity index is 315. The Balaban J connectivity index is 5.03. The molecule has 1 atom stereocenters. The lowest BCUT2D eigenvalue weighted by Gasteiger charge is -2.29. The van der Waals surface area contributed by atoms with E-state index in [9.17, 15) is 14.7 Å². The molecular weight excluding hydrogens is 220 g/mol. The van der Waals surface area contributed by atoms with Gasteiger partial charge in [0.25, 0.3) is 0 Å². The van der Waals surface area contributed by atoms with E-state index in [1.54, 1.807) is 0 Å². The van der Waals surface area contributed by atoms with Gasteiger partial charge in [-0.2, -0.15) is 0 Å². The summed E-state index contributed by atoms with van der Waals surface area (Å²) >= 11 is 0. The summed E-state index contributed by atoms with van der Waals surface area (Å²) in [6.07, 6.45) is 4.05. The Morgan fingerprint density at radius 2 is 1.82 bits per heavy atom. The molecule has 0 radical (unpaired) electrons. The minimum Gasteiger partial charge on any atom is -0.481 e. The summed E-state index contributed by atoms with van der Waals surface area (Å²) in [7, 11) is 0. The molecule has 0 spiro atoms. The number of unbranched alkanes of at least 4 members (excludes halogenated alkanes) is 1. The van der Waals surface area contributed by atoms with Crippen LogP contribution in [0.5, 0.6) is 0 Å². The zero-order valence-corrected chi connectivity index (χ0v) is 11.0. The average Bonchev–Trinajstić information content (AvgIpc) is 2.21. The summed E-state index contributed by atoms with van der Waals surface area (Å²) < 4.78 is 0. The summed E-state index contributed by atoms with van der Waals surface area (Å²) in [5.41, 5.74) is -0.347. The van der Waals surface area contributed by atoms with Gasteiger partial charge in [-0.25, -0.2) is 4.79 Å². The van der Waals surface area contributed by atoms with E-state index in [2.05, 4.69) is 0 Å². The molecular formula is C13H22O4. The molecule has 0 saturated carbocycles. The SMILES string of the molecule is CCCCC(C)(C)C(/C=C(\C)C(=O)O)C(=O)O. The van der Waals surface area contributed by atoms with Crippen LogP contribution in [0.3, 0.4) is 0 Å². The van der Waals surface area contributed by atoms with Crippen LogP contribution in [0.4, 0.5) is 0 Å². The molecule has 2 N–H and O–H groups in total. The van der Waals surface area contributed by atoms with Gasteiger partial charge in [0.05, 0.1) is 5.92 Å². The predicted molar refractivity (Wildman–Crippen MR) is 65.8 cm³/mol. The Labute approximate surface area is 102 Å². The van der Waals surface area contributed by atoms with Crippen LogP contribution in [0, 0.1) is 11.3 Å². The third-order valence-corrected chi connectivity index (χ3v) is 3.04. The first kappa shape index (κ1) is 15.7. The summed E-state index contributed by atoms with van der Waals surface area (Å²) in [6, 6.07) is 0. The van der Waals surface area contributed by atoms with Crippen molar-refractivity contribution in [2.45, 2.75) is 47.0 Å². The molecule has 1 unspecified atom stereocenters. The molecule has 0 fully saturated rings. The molecule has 17 heavy (non-hydrogen) atoms. The quantitative estimate of drug-likeness (QED) is 0.673. The first-order valence-corrected chi connectivity index (χ1v) is 5.87. The molecule has 0 bridgehead atoms. The number of aliphatic carboxylic acids is 2. The van der Waals surface area contributed by atoms with E-state index in [-0.39, 0.29) is 5.57 Å². The summed E-state index contributed by atoms with van der Waals surface area (Å²) in [5.74, 6) is -2.79. The van der Waals surface area contributed by atoms with E-state index in [1.165, 1.54) is 13.0 Å². The highest BCUT2D eigenvalue weighted by atomic mass is 16.4. The van der Waals surface area contributed by atoms with Gasteiger partial charge in [0.1, 0.15) is 0 Å². The maximum atomic E-state index is 11.2. The average molecular weight is 242 g/mol. The van der Waals surface area contributed by atoms with Crippen molar-refractivity contribution in [2.24, 2.45) is 11.3 Å². The monoisotopic (exact) mass is 242 g/mol. The normalized spacial score (nSPS) is 14.5. The minimum absolute atomic E-state index is 0.0852. The van der Waals surface area contributed by atoms with Gasteiger partial charge in [0.2, 0.25) is 0 Å². The second-order valence-electron chi connectivity index (χ2n) is 5.06. The van der Waals surface area contributed by atoms with Crippen molar-refractivity contribution in [2.75, 3.05) is 0 Å². The molecule has 4 nitrogen and oxygen atoms in total. The molecule has 0 rings (SSSR count). The largest absolute Gasteiger partial charge is 0.481 e. The van der Waals surface area contributed by atoms with Gasteiger partial charge in [-0.05, 0) is 18.8 Å². The fourth-order valence-electron chi connectivity index (χ4n) is 1.74.